The van der Waals surface area contributed by atoms with Crippen LogP contribution in [0.3, 0.4) is 0 Å². The van der Waals surface area contributed by atoms with Gasteiger partial charge in [0.2, 0.25) is 0 Å². The summed E-state index contributed by atoms with van der Waals surface area (Å²) in [6.45, 7) is 3.58. The second kappa shape index (κ2) is 8.47. The van der Waals surface area contributed by atoms with Crippen LogP contribution >= 0.6 is 0 Å². The van der Waals surface area contributed by atoms with Crippen molar-refractivity contribution in [3.8, 4) is 0 Å². The van der Waals surface area contributed by atoms with Crippen LogP contribution in [0, 0.1) is 0 Å². The van der Waals surface area contributed by atoms with Crippen LogP contribution in [0.15, 0.2) is 14.4 Å². The van der Waals surface area contributed by atoms with Crippen molar-refractivity contribution in [2.75, 3.05) is 21.3 Å². The number of hydrogen-bond acceptors (Lipinski definition) is 9. The molecule has 0 spiro atoms. The minimum atomic E-state index is -1.43. The first-order valence-corrected chi connectivity index (χ1v) is 7.78. The highest BCUT2D eigenvalue weighted by Crippen LogP contribution is 2.07. The van der Waals surface area contributed by atoms with E-state index in [4.69, 9.17) is 0 Å². The van der Waals surface area contributed by atoms with Crippen LogP contribution in [-0.2, 0) is 28.6 Å². The first kappa shape index (κ1) is 21.9. The molecule has 0 saturated carbocycles. The SMILES string of the molecule is COC(=O)C(C)n1c(=O)n(C(C)C(=O)OC)c(=O)n(C(C)C(=O)OC)c1=O. The molecule has 0 aliphatic heterocycles. The largest absolute Gasteiger partial charge is 0.467 e. The van der Waals surface area contributed by atoms with Gasteiger partial charge in [0.05, 0.1) is 21.3 Å². The lowest BCUT2D eigenvalue weighted by atomic mass is 10.3. The molecule has 1 aromatic rings. The van der Waals surface area contributed by atoms with Crippen LogP contribution in [-0.4, -0.2) is 52.9 Å². The number of carbonyl (C=O) groups excluding carboxylic acids is 3. The Morgan fingerprint density at radius 3 is 0.926 bits per heavy atom. The Kier molecular flexibility index (Phi) is 6.86. The van der Waals surface area contributed by atoms with Crippen molar-refractivity contribution in [3.05, 3.63) is 31.5 Å². The summed E-state index contributed by atoms with van der Waals surface area (Å²) < 4.78 is 14.8. The molecule has 12 heteroatoms. The molecule has 0 amide bonds. The van der Waals surface area contributed by atoms with Gasteiger partial charge in [-0.05, 0) is 20.8 Å². The van der Waals surface area contributed by atoms with Gasteiger partial charge in [-0.1, -0.05) is 0 Å². The molecule has 0 saturated heterocycles. The molecular formula is C15H21N3O9. The van der Waals surface area contributed by atoms with Gasteiger partial charge in [-0.15, -0.1) is 0 Å². The summed E-state index contributed by atoms with van der Waals surface area (Å²) >= 11 is 0. The molecule has 150 valence electrons. The zero-order chi connectivity index (χ0) is 21.0. The van der Waals surface area contributed by atoms with Crippen molar-refractivity contribution in [2.24, 2.45) is 0 Å². The van der Waals surface area contributed by atoms with Crippen molar-refractivity contribution in [2.45, 2.75) is 38.9 Å². The number of rotatable bonds is 6. The van der Waals surface area contributed by atoms with Crippen LogP contribution in [0.25, 0.3) is 0 Å². The van der Waals surface area contributed by atoms with Gasteiger partial charge in [-0.25, -0.2) is 42.5 Å². The monoisotopic (exact) mass is 387 g/mol. The van der Waals surface area contributed by atoms with E-state index in [1.54, 1.807) is 0 Å². The molecule has 3 atom stereocenters. The van der Waals surface area contributed by atoms with E-state index in [1.165, 1.54) is 20.8 Å². The van der Waals surface area contributed by atoms with Crippen molar-refractivity contribution in [1.82, 2.24) is 13.7 Å². The van der Waals surface area contributed by atoms with Crippen molar-refractivity contribution < 1.29 is 28.6 Å². The van der Waals surface area contributed by atoms with E-state index >= 15 is 0 Å². The summed E-state index contributed by atoms with van der Waals surface area (Å²) in [5.74, 6) is -2.83. The predicted molar refractivity (Wildman–Crippen MR) is 89.4 cm³/mol. The molecule has 0 N–H and O–H groups in total. The lowest BCUT2D eigenvalue weighted by Gasteiger charge is -2.21. The summed E-state index contributed by atoms with van der Waals surface area (Å²) in [5.41, 5.74) is -3.68. The third kappa shape index (κ3) is 3.83. The number of methoxy groups -OCH3 is 3. The molecule has 27 heavy (non-hydrogen) atoms. The maximum absolute atomic E-state index is 12.7. The van der Waals surface area contributed by atoms with Crippen molar-refractivity contribution in [1.29, 1.82) is 0 Å². The standard InChI is InChI=1S/C15H21N3O9/c1-7(10(19)25-4)16-13(22)17(8(2)11(20)26-5)15(24)18(14(16)23)9(3)12(21)27-6/h7-9H,1-6H3. The molecule has 0 fully saturated rings. The molecule has 0 aliphatic carbocycles. The maximum Gasteiger partial charge on any atom is 0.337 e. The molecular weight excluding hydrogens is 366 g/mol. The lowest BCUT2D eigenvalue weighted by Crippen LogP contribution is -2.58. The van der Waals surface area contributed by atoms with E-state index < -0.39 is 53.1 Å². The second-order valence-corrected chi connectivity index (χ2v) is 5.56. The highest BCUT2D eigenvalue weighted by Gasteiger charge is 2.31. The number of carbonyl (C=O) groups is 3. The first-order chi connectivity index (χ1) is 12.5. The molecule has 3 unspecified atom stereocenters. The molecule has 0 aromatic carbocycles. The van der Waals surface area contributed by atoms with Gasteiger partial charge in [0.15, 0.2) is 0 Å². The van der Waals surface area contributed by atoms with Crippen LogP contribution < -0.4 is 17.1 Å². The molecule has 1 heterocycles. The molecule has 1 aromatic heterocycles. The summed E-state index contributed by atoms with van der Waals surface area (Å²) in [7, 11) is 3.14. The van der Waals surface area contributed by atoms with E-state index in [2.05, 4.69) is 14.2 Å². The summed E-state index contributed by atoms with van der Waals surface area (Å²) in [5, 5.41) is 0. The Balaban J connectivity index is 4.01. The van der Waals surface area contributed by atoms with E-state index in [9.17, 15) is 28.8 Å². The van der Waals surface area contributed by atoms with Gasteiger partial charge in [-0.3, -0.25) is 0 Å². The third-order valence-corrected chi connectivity index (χ3v) is 4.03. The molecule has 0 bridgehead atoms. The Morgan fingerprint density at radius 2 is 0.778 bits per heavy atom. The molecule has 1 rings (SSSR count). The molecule has 12 nitrogen and oxygen atoms in total. The van der Waals surface area contributed by atoms with Gasteiger partial charge in [0, 0.05) is 0 Å². The number of hydrogen-bond donors (Lipinski definition) is 0. The Morgan fingerprint density at radius 1 is 0.593 bits per heavy atom. The quantitative estimate of drug-likeness (QED) is 0.415. The minimum Gasteiger partial charge on any atom is -0.467 e. The summed E-state index contributed by atoms with van der Waals surface area (Å²) in [4.78, 5) is 73.7. The van der Waals surface area contributed by atoms with Crippen LogP contribution in [0.4, 0.5) is 0 Å². The highest BCUT2D eigenvalue weighted by atomic mass is 16.5. The Bertz CT molecular complexity index is 775. The van der Waals surface area contributed by atoms with Gasteiger partial charge >= 0.3 is 35.0 Å². The van der Waals surface area contributed by atoms with Gasteiger partial charge in [-0.2, -0.15) is 0 Å². The van der Waals surface area contributed by atoms with Gasteiger partial charge in [0.25, 0.3) is 0 Å². The zero-order valence-electron chi connectivity index (χ0n) is 15.7. The van der Waals surface area contributed by atoms with Crippen molar-refractivity contribution in [3.63, 3.8) is 0 Å². The summed E-state index contributed by atoms with van der Waals surface area (Å²) in [6, 6.07) is -4.28. The average Bonchev–Trinajstić information content (AvgIpc) is 2.65. The van der Waals surface area contributed by atoms with E-state index in [-0.39, 0.29) is 0 Å². The number of aromatic nitrogens is 3. The highest BCUT2D eigenvalue weighted by molar-refractivity contribution is 5.75. The lowest BCUT2D eigenvalue weighted by molar-refractivity contribution is -0.144. The number of esters is 3. The fraction of sp³-hybridized carbons (Fsp3) is 0.600. The fourth-order valence-corrected chi connectivity index (χ4v) is 2.42. The number of ether oxygens (including phenoxy) is 3. The molecule has 0 aliphatic rings. The Labute approximate surface area is 152 Å². The van der Waals surface area contributed by atoms with E-state index in [1.807, 2.05) is 0 Å². The average molecular weight is 387 g/mol. The van der Waals surface area contributed by atoms with Crippen LogP contribution in [0.1, 0.15) is 38.9 Å². The zero-order valence-corrected chi connectivity index (χ0v) is 15.7. The third-order valence-electron chi connectivity index (χ3n) is 4.03. The Hall–Kier alpha value is -3.18. The van der Waals surface area contributed by atoms with E-state index in [0.29, 0.717) is 13.7 Å². The maximum atomic E-state index is 12.7. The van der Waals surface area contributed by atoms with E-state index in [0.717, 1.165) is 21.3 Å². The molecule has 0 radical (unpaired) electrons. The van der Waals surface area contributed by atoms with Gasteiger partial charge < -0.3 is 14.2 Å². The predicted octanol–water partition coefficient (Wildman–Crippen LogP) is -1.63. The van der Waals surface area contributed by atoms with Gasteiger partial charge in [0.1, 0.15) is 18.1 Å². The fourth-order valence-electron chi connectivity index (χ4n) is 2.42. The van der Waals surface area contributed by atoms with Crippen molar-refractivity contribution >= 4 is 17.9 Å². The van der Waals surface area contributed by atoms with Crippen LogP contribution in [0.5, 0.6) is 0 Å². The first-order valence-electron chi connectivity index (χ1n) is 7.78. The second-order valence-electron chi connectivity index (χ2n) is 5.56. The smallest absolute Gasteiger partial charge is 0.337 e. The van der Waals surface area contributed by atoms with Crippen LogP contribution in [0.2, 0.25) is 0 Å². The minimum absolute atomic E-state index is 0.423. The number of nitrogens with zero attached hydrogens (tertiary/aromatic N) is 3. The normalized spacial score (nSPS) is 14.0. The summed E-state index contributed by atoms with van der Waals surface area (Å²) in [6.07, 6.45) is 0. The topological polar surface area (TPSA) is 145 Å².